The summed E-state index contributed by atoms with van der Waals surface area (Å²) in [6, 6.07) is 3.52. The summed E-state index contributed by atoms with van der Waals surface area (Å²) >= 11 is 0. The molecular weight excluding hydrogens is 404 g/mol. The highest BCUT2D eigenvalue weighted by Gasteiger charge is 2.28. The number of aromatic hydroxyl groups is 1. The van der Waals surface area contributed by atoms with E-state index in [1.807, 2.05) is 55.4 Å². The third kappa shape index (κ3) is 5.50. The lowest BCUT2D eigenvalue weighted by atomic mass is 9.78. The topological polar surface area (TPSA) is 91.3 Å². The molecule has 0 saturated heterocycles. The van der Waals surface area contributed by atoms with Gasteiger partial charge in [-0.25, -0.2) is 0 Å². The molecule has 2 N–H and O–H groups in total. The first-order chi connectivity index (χ1) is 14.7. The number of ketones is 1. The summed E-state index contributed by atoms with van der Waals surface area (Å²) in [5.74, 6) is 0.0320. The predicted octanol–water partition coefficient (Wildman–Crippen LogP) is 3.82. The molecule has 0 spiro atoms. The molecule has 1 heterocycles. The van der Waals surface area contributed by atoms with Crippen molar-refractivity contribution in [3.63, 3.8) is 0 Å². The van der Waals surface area contributed by atoms with Gasteiger partial charge in [0.2, 0.25) is 11.5 Å². The summed E-state index contributed by atoms with van der Waals surface area (Å²) in [5.41, 5.74) is 1.41. The minimum Gasteiger partial charge on any atom is -0.507 e. The van der Waals surface area contributed by atoms with Crippen molar-refractivity contribution in [2.75, 3.05) is 13.1 Å². The van der Waals surface area contributed by atoms with Gasteiger partial charge < -0.3 is 19.1 Å². The molecule has 2 rings (SSSR count). The van der Waals surface area contributed by atoms with E-state index < -0.39 is 0 Å². The number of hydrogen-bond acceptors (Lipinski definition) is 4. The summed E-state index contributed by atoms with van der Waals surface area (Å²) in [4.78, 5) is 27.3. The van der Waals surface area contributed by atoms with Gasteiger partial charge in [0.15, 0.2) is 5.78 Å². The minimum atomic E-state index is -0.331. The Labute approximate surface area is 191 Å². The zero-order valence-electron chi connectivity index (χ0n) is 20.7. The van der Waals surface area contributed by atoms with E-state index in [1.165, 1.54) is 4.57 Å². The fourth-order valence-electron chi connectivity index (χ4n) is 3.73. The first-order valence-electron chi connectivity index (χ1n) is 11.2. The van der Waals surface area contributed by atoms with Crippen LogP contribution in [-0.4, -0.2) is 43.9 Å². The number of Topliss-reactive ketones (excluding diaryl/α,β-unsaturated/α-hetero) is 1. The molecule has 1 aromatic heterocycles. The normalized spacial score (nSPS) is 12.1. The van der Waals surface area contributed by atoms with Crippen LogP contribution >= 0.6 is 0 Å². The average Bonchev–Trinajstić information content (AvgIpc) is 3.00. The molecule has 1 aromatic carbocycles. The molecule has 1 amide bonds. The lowest BCUT2D eigenvalue weighted by molar-refractivity contribution is -0.131. The van der Waals surface area contributed by atoms with Crippen LogP contribution in [0.4, 0.5) is 0 Å². The van der Waals surface area contributed by atoms with Gasteiger partial charge >= 0.3 is 0 Å². The summed E-state index contributed by atoms with van der Waals surface area (Å²) in [6.45, 7) is 17.2. The summed E-state index contributed by atoms with van der Waals surface area (Å²) in [5, 5.41) is 19.3. The second kappa shape index (κ2) is 9.35. The number of phenolic OH excluding ortho intramolecular Hbond substituents is 1. The number of carbonyl (C=O) groups excluding carboxylic acids is 2. The Bertz CT molecular complexity index is 1010. The van der Waals surface area contributed by atoms with Crippen molar-refractivity contribution in [1.29, 1.82) is 5.41 Å². The van der Waals surface area contributed by atoms with Crippen molar-refractivity contribution >= 4 is 11.7 Å². The van der Waals surface area contributed by atoms with E-state index in [0.717, 1.165) is 11.1 Å². The lowest BCUT2D eigenvalue weighted by Crippen LogP contribution is -2.36. The Hall–Kier alpha value is -2.83. The molecule has 0 radical (unpaired) electrons. The quantitative estimate of drug-likeness (QED) is 0.639. The van der Waals surface area contributed by atoms with Crippen LogP contribution in [0.2, 0.25) is 0 Å². The number of rotatable bonds is 7. The highest BCUT2D eigenvalue weighted by molar-refractivity contribution is 5.96. The molecule has 2 aromatic rings. The van der Waals surface area contributed by atoms with Crippen molar-refractivity contribution in [2.45, 2.75) is 79.3 Å². The van der Waals surface area contributed by atoms with Crippen LogP contribution in [0.15, 0.2) is 24.5 Å². The number of amides is 1. The highest BCUT2D eigenvalue weighted by Crippen LogP contribution is 2.39. The number of benzene rings is 1. The smallest absolute Gasteiger partial charge is 0.242 e. The SMILES string of the molecule is CCN(CC)C(=O)Cn1ccn(CC(=O)c2cc(C(C)(C)C)c(O)c(C(C)(C)C)c2)c1=N. The number of phenols is 1. The number of nitrogens with one attached hydrogen (secondary N) is 1. The van der Waals surface area contributed by atoms with E-state index in [0.29, 0.717) is 18.7 Å². The Kier molecular flexibility index (Phi) is 7.43. The summed E-state index contributed by atoms with van der Waals surface area (Å²) in [7, 11) is 0. The van der Waals surface area contributed by atoms with Gasteiger partial charge in [-0.05, 0) is 36.8 Å². The Morgan fingerprint density at radius 3 is 1.75 bits per heavy atom. The maximum atomic E-state index is 13.2. The van der Waals surface area contributed by atoms with Crippen LogP contribution in [0.3, 0.4) is 0 Å². The van der Waals surface area contributed by atoms with E-state index in [1.54, 1.807) is 34.0 Å². The van der Waals surface area contributed by atoms with Gasteiger partial charge in [-0.3, -0.25) is 15.0 Å². The number of carbonyl (C=O) groups is 2. The van der Waals surface area contributed by atoms with Crippen molar-refractivity contribution in [3.05, 3.63) is 46.8 Å². The Morgan fingerprint density at radius 2 is 1.34 bits per heavy atom. The number of likely N-dealkylation sites (N-methyl/N-ethyl adjacent to an activating group) is 1. The van der Waals surface area contributed by atoms with Gasteiger partial charge in [0.25, 0.3) is 0 Å². The van der Waals surface area contributed by atoms with E-state index in [9.17, 15) is 14.7 Å². The number of aromatic nitrogens is 2. The van der Waals surface area contributed by atoms with Gasteiger partial charge in [-0.2, -0.15) is 0 Å². The number of imidazole rings is 1. The van der Waals surface area contributed by atoms with Crippen molar-refractivity contribution in [3.8, 4) is 5.75 Å². The van der Waals surface area contributed by atoms with Gasteiger partial charge in [0, 0.05) is 42.2 Å². The molecule has 0 aliphatic rings. The standard InChI is InChI=1S/C25H38N4O3/c1-9-27(10-2)21(31)16-29-12-11-28(23(29)26)15-20(30)17-13-18(24(3,4)5)22(32)19(14-17)25(6,7)8/h11-14,26,32H,9-10,15-16H2,1-8H3. The lowest BCUT2D eigenvalue weighted by Gasteiger charge is -2.28. The van der Waals surface area contributed by atoms with E-state index in [-0.39, 0.29) is 47.0 Å². The fourth-order valence-corrected chi connectivity index (χ4v) is 3.73. The number of hydrogen-bond donors (Lipinski definition) is 2. The zero-order valence-corrected chi connectivity index (χ0v) is 20.7. The highest BCUT2D eigenvalue weighted by atomic mass is 16.3. The largest absolute Gasteiger partial charge is 0.507 e. The van der Waals surface area contributed by atoms with Crippen molar-refractivity contribution in [2.24, 2.45) is 0 Å². The maximum Gasteiger partial charge on any atom is 0.242 e. The fraction of sp³-hybridized carbons (Fsp3) is 0.560. The van der Waals surface area contributed by atoms with Crippen LogP contribution in [0.1, 0.15) is 76.9 Å². The average molecular weight is 443 g/mol. The van der Waals surface area contributed by atoms with Crippen molar-refractivity contribution < 1.29 is 14.7 Å². The first kappa shape index (κ1) is 25.4. The van der Waals surface area contributed by atoms with Gasteiger partial charge in [0.1, 0.15) is 12.3 Å². The van der Waals surface area contributed by atoms with Gasteiger partial charge in [-0.1, -0.05) is 41.5 Å². The predicted molar refractivity (Wildman–Crippen MR) is 126 cm³/mol. The summed E-state index contributed by atoms with van der Waals surface area (Å²) < 4.78 is 3.09. The van der Waals surface area contributed by atoms with E-state index in [4.69, 9.17) is 5.41 Å². The summed E-state index contributed by atoms with van der Waals surface area (Å²) in [6.07, 6.45) is 3.32. The van der Waals surface area contributed by atoms with E-state index >= 15 is 0 Å². The van der Waals surface area contributed by atoms with Crippen LogP contribution in [0.5, 0.6) is 5.75 Å². The second-order valence-electron chi connectivity index (χ2n) is 10.3. The van der Waals surface area contributed by atoms with Crippen LogP contribution in [0, 0.1) is 5.41 Å². The number of nitrogens with zero attached hydrogens (tertiary/aromatic N) is 3. The maximum absolute atomic E-state index is 13.2. The Morgan fingerprint density at radius 1 is 0.906 bits per heavy atom. The molecule has 7 heteroatoms. The molecule has 0 aliphatic heterocycles. The van der Waals surface area contributed by atoms with E-state index in [2.05, 4.69) is 0 Å². The molecule has 0 unspecified atom stereocenters. The Balaban J connectivity index is 2.37. The minimum absolute atomic E-state index is 0.0107. The zero-order chi connectivity index (χ0) is 24.4. The van der Waals surface area contributed by atoms with Crippen LogP contribution in [-0.2, 0) is 28.7 Å². The van der Waals surface area contributed by atoms with Gasteiger partial charge in [-0.15, -0.1) is 0 Å². The molecule has 0 fully saturated rings. The third-order valence-electron chi connectivity index (χ3n) is 5.75. The molecule has 0 bridgehead atoms. The molecule has 176 valence electrons. The molecule has 0 aliphatic carbocycles. The molecule has 32 heavy (non-hydrogen) atoms. The van der Waals surface area contributed by atoms with Crippen LogP contribution < -0.4 is 5.62 Å². The second-order valence-corrected chi connectivity index (χ2v) is 10.3. The molecule has 0 saturated carbocycles. The van der Waals surface area contributed by atoms with Crippen LogP contribution in [0.25, 0.3) is 0 Å². The van der Waals surface area contributed by atoms with Crippen molar-refractivity contribution in [1.82, 2.24) is 14.0 Å². The molecule has 0 atom stereocenters. The molecule has 7 nitrogen and oxygen atoms in total. The third-order valence-corrected chi connectivity index (χ3v) is 5.75. The monoisotopic (exact) mass is 442 g/mol. The first-order valence-corrected chi connectivity index (χ1v) is 11.2. The molecular formula is C25H38N4O3. The van der Waals surface area contributed by atoms with Gasteiger partial charge in [0.05, 0.1) is 6.54 Å².